The van der Waals surface area contributed by atoms with Crippen molar-refractivity contribution in [3.8, 4) is 5.75 Å². The first-order valence-electron chi connectivity index (χ1n) is 12.4. The summed E-state index contributed by atoms with van der Waals surface area (Å²) in [6, 6.07) is 9.73. The van der Waals surface area contributed by atoms with Gasteiger partial charge in [0.1, 0.15) is 17.3 Å². The molecule has 0 saturated heterocycles. The number of alkyl halides is 3. The Hall–Kier alpha value is -4.66. The van der Waals surface area contributed by atoms with Crippen molar-refractivity contribution in [1.29, 1.82) is 0 Å². The summed E-state index contributed by atoms with van der Waals surface area (Å²) in [5.74, 6) is 4.17. The van der Waals surface area contributed by atoms with E-state index >= 15 is 0 Å². The molecule has 41 heavy (non-hydrogen) atoms. The van der Waals surface area contributed by atoms with Crippen LogP contribution in [0, 0.1) is 12.7 Å². The van der Waals surface area contributed by atoms with Crippen LogP contribution in [0.25, 0.3) is 0 Å². The standard InChI is InChI=1S/C26H30F4N8O3/c1-17-7-8-21(27)19(11-17)14-33-25(40)22(31)15-37(32)9-2-3-10-38-16-23(35-36-38)34-24(39)13-18-5-4-6-20(12-18)41-26(28,29)30/h4-8,11-12,15-16H,2-3,9-10,13-14,31-32H2,1H3,(H,33,40)(H,34,39)/b22-15-. The average Bonchev–Trinajstić information content (AvgIpc) is 3.32. The molecule has 0 aliphatic carbocycles. The number of hydrazine groups is 1. The van der Waals surface area contributed by atoms with E-state index in [1.54, 1.807) is 12.1 Å². The highest BCUT2D eigenvalue weighted by Gasteiger charge is 2.31. The van der Waals surface area contributed by atoms with Gasteiger partial charge in [0.2, 0.25) is 5.91 Å². The van der Waals surface area contributed by atoms with Gasteiger partial charge < -0.3 is 26.1 Å². The lowest BCUT2D eigenvalue weighted by molar-refractivity contribution is -0.274. The van der Waals surface area contributed by atoms with Crippen LogP contribution in [-0.2, 0) is 29.1 Å². The minimum atomic E-state index is -4.83. The molecular formula is C26H30F4N8O3. The number of anilines is 1. The lowest BCUT2D eigenvalue weighted by Crippen LogP contribution is -2.33. The zero-order chi connectivity index (χ0) is 30.0. The molecule has 0 fully saturated rings. The van der Waals surface area contributed by atoms with Gasteiger partial charge in [-0.2, -0.15) is 0 Å². The molecule has 220 valence electrons. The Morgan fingerprint density at radius 3 is 2.71 bits per heavy atom. The van der Waals surface area contributed by atoms with E-state index in [9.17, 15) is 27.2 Å². The second-order valence-electron chi connectivity index (χ2n) is 9.09. The van der Waals surface area contributed by atoms with E-state index in [0.29, 0.717) is 37.1 Å². The molecule has 6 N–H and O–H groups in total. The zero-order valence-electron chi connectivity index (χ0n) is 22.1. The zero-order valence-corrected chi connectivity index (χ0v) is 22.1. The Labute approximate surface area is 233 Å². The van der Waals surface area contributed by atoms with Crippen LogP contribution >= 0.6 is 0 Å². The van der Waals surface area contributed by atoms with Crippen LogP contribution in [0.5, 0.6) is 5.75 Å². The predicted molar refractivity (Wildman–Crippen MR) is 141 cm³/mol. The van der Waals surface area contributed by atoms with Gasteiger partial charge >= 0.3 is 6.36 Å². The summed E-state index contributed by atoms with van der Waals surface area (Å²) < 4.78 is 56.4. The fourth-order valence-corrected chi connectivity index (χ4v) is 3.68. The Bertz CT molecular complexity index is 1380. The van der Waals surface area contributed by atoms with E-state index in [4.69, 9.17) is 11.6 Å². The maximum atomic E-state index is 13.8. The third kappa shape index (κ3) is 10.8. The number of unbranched alkanes of at least 4 members (excludes halogenated alkanes) is 1. The minimum absolute atomic E-state index is 0.0179. The quantitative estimate of drug-likeness (QED) is 0.0794. The topological polar surface area (TPSA) is 153 Å². The Kier molecular flexibility index (Phi) is 10.6. The summed E-state index contributed by atoms with van der Waals surface area (Å²) in [6.07, 6.45) is -0.979. The Morgan fingerprint density at radius 1 is 1.17 bits per heavy atom. The maximum absolute atomic E-state index is 13.8. The number of carbonyl (C=O) groups is 2. The number of amides is 2. The van der Waals surface area contributed by atoms with Gasteiger partial charge in [0.25, 0.3) is 5.91 Å². The highest BCUT2D eigenvalue weighted by Crippen LogP contribution is 2.23. The molecule has 3 rings (SSSR count). The number of hydrogen-bond donors (Lipinski definition) is 4. The van der Waals surface area contributed by atoms with Crippen LogP contribution < -0.4 is 26.9 Å². The fraction of sp³-hybridized carbons (Fsp3) is 0.308. The molecule has 3 aromatic rings. The van der Waals surface area contributed by atoms with Gasteiger partial charge in [-0.3, -0.25) is 14.3 Å². The van der Waals surface area contributed by atoms with Gasteiger partial charge in [0, 0.05) is 31.4 Å². The SMILES string of the molecule is Cc1ccc(F)c(CNC(=O)/C(N)=C/N(N)CCCCn2cc(NC(=O)Cc3cccc(OC(F)(F)F)c3)nn2)c1. The molecule has 0 spiro atoms. The van der Waals surface area contributed by atoms with Gasteiger partial charge in [-0.15, -0.1) is 18.3 Å². The minimum Gasteiger partial charge on any atom is -0.406 e. The van der Waals surface area contributed by atoms with Crippen LogP contribution in [0.4, 0.5) is 23.4 Å². The summed E-state index contributed by atoms with van der Waals surface area (Å²) in [4.78, 5) is 24.5. The normalized spacial score (nSPS) is 11.7. The molecule has 15 heteroatoms. The Balaban J connectivity index is 1.37. The number of nitrogens with two attached hydrogens (primary N) is 2. The van der Waals surface area contributed by atoms with Crippen molar-refractivity contribution in [1.82, 2.24) is 25.3 Å². The number of nitrogens with zero attached hydrogens (tertiary/aromatic N) is 4. The van der Waals surface area contributed by atoms with Crippen LogP contribution in [0.1, 0.15) is 29.5 Å². The summed E-state index contributed by atoms with van der Waals surface area (Å²) in [5.41, 5.74) is 7.20. The van der Waals surface area contributed by atoms with E-state index in [1.165, 1.54) is 40.3 Å². The van der Waals surface area contributed by atoms with Gasteiger partial charge in [-0.25, -0.2) is 10.2 Å². The molecule has 0 aliphatic heterocycles. The number of aromatic nitrogens is 3. The number of carbonyl (C=O) groups excluding carboxylic acids is 2. The van der Waals surface area contributed by atoms with Crippen LogP contribution in [0.3, 0.4) is 0 Å². The number of ether oxygens (including phenoxy) is 1. The number of nitrogens with one attached hydrogen (secondary N) is 2. The summed E-state index contributed by atoms with van der Waals surface area (Å²) in [6.45, 7) is 2.62. The van der Waals surface area contributed by atoms with Crippen LogP contribution in [0.15, 0.2) is 60.6 Å². The first-order chi connectivity index (χ1) is 19.4. The van der Waals surface area contributed by atoms with Crippen molar-refractivity contribution in [3.05, 3.63) is 83.1 Å². The largest absolute Gasteiger partial charge is 0.573 e. The first-order valence-corrected chi connectivity index (χ1v) is 12.4. The van der Waals surface area contributed by atoms with Crippen molar-refractivity contribution in [3.63, 3.8) is 0 Å². The van der Waals surface area contributed by atoms with Crippen molar-refractivity contribution in [2.24, 2.45) is 11.6 Å². The van der Waals surface area contributed by atoms with Crippen LogP contribution in [-0.4, -0.2) is 44.7 Å². The molecule has 0 radical (unpaired) electrons. The second kappa shape index (κ2) is 14.1. The van der Waals surface area contributed by atoms with Crippen LogP contribution in [0.2, 0.25) is 0 Å². The van der Waals surface area contributed by atoms with Crippen molar-refractivity contribution in [2.45, 2.75) is 45.6 Å². The summed E-state index contributed by atoms with van der Waals surface area (Å²) >= 11 is 0. The number of rotatable bonds is 13. The van der Waals surface area contributed by atoms with Crippen molar-refractivity contribution >= 4 is 17.6 Å². The van der Waals surface area contributed by atoms with Gasteiger partial charge in [-0.1, -0.05) is 35.0 Å². The van der Waals surface area contributed by atoms with Crippen molar-refractivity contribution < 1.29 is 31.9 Å². The third-order valence-electron chi connectivity index (χ3n) is 5.56. The monoisotopic (exact) mass is 578 g/mol. The smallest absolute Gasteiger partial charge is 0.406 e. The highest BCUT2D eigenvalue weighted by molar-refractivity contribution is 5.92. The Morgan fingerprint density at radius 2 is 1.95 bits per heavy atom. The number of aryl methyl sites for hydroxylation is 2. The molecule has 0 aliphatic rings. The third-order valence-corrected chi connectivity index (χ3v) is 5.56. The lowest BCUT2D eigenvalue weighted by Gasteiger charge is -2.15. The highest BCUT2D eigenvalue weighted by atomic mass is 19.4. The number of halogens is 4. The van der Waals surface area contributed by atoms with Crippen molar-refractivity contribution in [2.75, 3.05) is 11.9 Å². The van der Waals surface area contributed by atoms with Gasteiger partial charge in [0.05, 0.1) is 12.6 Å². The molecular weight excluding hydrogens is 548 g/mol. The van der Waals surface area contributed by atoms with Gasteiger partial charge in [0.15, 0.2) is 5.82 Å². The van der Waals surface area contributed by atoms with E-state index in [-0.39, 0.29) is 24.5 Å². The molecule has 2 aromatic carbocycles. The summed E-state index contributed by atoms with van der Waals surface area (Å²) in [7, 11) is 0. The predicted octanol–water partition coefficient (Wildman–Crippen LogP) is 2.88. The van der Waals surface area contributed by atoms with Gasteiger partial charge in [-0.05, 0) is 43.5 Å². The molecule has 11 nitrogen and oxygen atoms in total. The second-order valence-corrected chi connectivity index (χ2v) is 9.09. The van der Waals surface area contributed by atoms with E-state index in [0.717, 1.165) is 17.7 Å². The van der Waals surface area contributed by atoms with E-state index in [1.807, 2.05) is 6.92 Å². The number of hydrogen-bond acceptors (Lipinski definition) is 8. The fourth-order valence-electron chi connectivity index (χ4n) is 3.68. The molecule has 1 aromatic heterocycles. The lowest BCUT2D eigenvalue weighted by atomic mass is 10.1. The molecule has 2 amide bonds. The molecule has 0 saturated carbocycles. The molecule has 0 bridgehead atoms. The van der Waals surface area contributed by atoms with E-state index in [2.05, 4.69) is 25.7 Å². The average molecular weight is 579 g/mol. The molecule has 0 unspecified atom stereocenters. The maximum Gasteiger partial charge on any atom is 0.573 e. The molecule has 1 heterocycles. The summed E-state index contributed by atoms with van der Waals surface area (Å²) in [5, 5.41) is 14.2. The first kappa shape index (κ1) is 30.9. The van der Waals surface area contributed by atoms with E-state index < -0.39 is 29.7 Å². The molecule has 0 atom stereocenters. The number of benzene rings is 2.